The van der Waals surface area contributed by atoms with Gasteiger partial charge in [0, 0.05) is 26.7 Å². The summed E-state index contributed by atoms with van der Waals surface area (Å²) >= 11 is 0. The van der Waals surface area contributed by atoms with Crippen LogP contribution in [0.5, 0.6) is 0 Å². The van der Waals surface area contributed by atoms with Crippen LogP contribution in [-0.2, 0) is 16.1 Å². The van der Waals surface area contributed by atoms with E-state index in [0.717, 1.165) is 18.7 Å². The molecular weight excluding hydrogens is 240 g/mol. The Balaban J connectivity index is 1.80. The number of carbonyl (C=O) groups is 1. The van der Waals surface area contributed by atoms with Gasteiger partial charge in [-0.05, 0) is 19.4 Å². The smallest absolute Gasteiger partial charge is 0.248 e. The number of hydrogen-bond donors (Lipinski definition) is 1. The van der Waals surface area contributed by atoms with E-state index in [1.807, 2.05) is 14.0 Å². The summed E-state index contributed by atoms with van der Waals surface area (Å²) in [4.78, 5) is 13.7. The first-order valence-corrected chi connectivity index (χ1v) is 6.63. The first-order valence-electron chi connectivity index (χ1n) is 6.63. The number of carbonyl (C=O) groups excluding carboxylic acids is 1. The van der Waals surface area contributed by atoms with E-state index < -0.39 is 0 Å². The van der Waals surface area contributed by atoms with Crippen molar-refractivity contribution < 1.29 is 9.53 Å². The van der Waals surface area contributed by atoms with Crippen molar-refractivity contribution in [3.63, 3.8) is 0 Å². The molecule has 1 heterocycles. The number of likely N-dealkylation sites (N-methyl/N-ethyl adjacent to an activating group) is 1. The van der Waals surface area contributed by atoms with E-state index in [9.17, 15) is 4.79 Å². The molecule has 0 aliphatic carbocycles. The van der Waals surface area contributed by atoms with Gasteiger partial charge in [0.2, 0.25) is 5.91 Å². The van der Waals surface area contributed by atoms with E-state index in [-0.39, 0.29) is 18.1 Å². The predicted octanol–water partition coefficient (Wildman–Crippen LogP) is 1.33. The molecule has 1 amide bonds. The zero-order chi connectivity index (χ0) is 13.9. The Bertz CT molecular complexity index is 438. The van der Waals surface area contributed by atoms with Crippen LogP contribution >= 0.6 is 0 Å². The van der Waals surface area contributed by atoms with Crippen LogP contribution in [0.4, 0.5) is 0 Å². The highest BCUT2D eigenvalue weighted by Gasteiger charge is 2.33. The van der Waals surface area contributed by atoms with E-state index in [0.29, 0.717) is 6.54 Å². The quantitative estimate of drug-likeness (QED) is 0.870. The second-order valence-corrected chi connectivity index (χ2v) is 5.58. The summed E-state index contributed by atoms with van der Waals surface area (Å²) in [5.41, 5.74) is 2.20. The molecule has 0 saturated carbocycles. The van der Waals surface area contributed by atoms with Gasteiger partial charge in [-0.15, -0.1) is 0 Å². The third-order valence-corrected chi connectivity index (χ3v) is 3.51. The molecule has 0 bridgehead atoms. The fourth-order valence-corrected chi connectivity index (χ4v) is 1.98. The van der Waals surface area contributed by atoms with Crippen LogP contribution in [0.3, 0.4) is 0 Å². The molecule has 1 aromatic carbocycles. The minimum atomic E-state index is -0.166. The number of ether oxygens (including phenoxy) is 1. The first kappa shape index (κ1) is 14.0. The Morgan fingerprint density at radius 3 is 2.53 bits per heavy atom. The van der Waals surface area contributed by atoms with E-state index in [4.69, 9.17) is 4.74 Å². The molecule has 1 N–H and O–H groups in total. The van der Waals surface area contributed by atoms with E-state index in [1.54, 1.807) is 4.90 Å². The molecule has 0 aromatic heterocycles. The van der Waals surface area contributed by atoms with Crippen molar-refractivity contribution in [2.45, 2.75) is 26.0 Å². The van der Waals surface area contributed by atoms with Crippen molar-refractivity contribution >= 4 is 5.91 Å². The molecule has 1 aliphatic rings. The maximum atomic E-state index is 12.0. The second kappa shape index (κ2) is 5.72. The molecule has 4 nitrogen and oxygen atoms in total. The van der Waals surface area contributed by atoms with Gasteiger partial charge in [-0.25, -0.2) is 0 Å². The van der Waals surface area contributed by atoms with Crippen LogP contribution in [0.1, 0.15) is 18.1 Å². The maximum absolute atomic E-state index is 12.0. The Hall–Kier alpha value is -1.39. The SMILES string of the molecule is Cc1ccc(CN(C)C(=O)COC2(C)CNC2)cc1. The van der Waals surface area contributed by atoms with Crippen molar-refractivity contribution in [3.05, 3.63) is 35.4 Å². The van der Waals surface area contributed by atoms with Crippen molar-refractivity contribution in [1.29, 1.82) is 0 Å². The van der Waals surface area contributed by atoms with Gasteiger partial charge in [-0.2, -0.15) is 0 Å². The molecule has 0 atom stereocenters. The molecular formula is C15H22N2O2. The average Bonchev–Trinajstić information content (AvgIpc) is 2.36. The number of rotatable bonds is 5. The molecule has 0 spiro atoms. The molecule has 1 saturated heterocycles. The normalized spacial score (nSPS) is 16.8. The van der Waals surface area contributed by atoms with Crippen molar-refractivity contribution in [3.8, 4) is 0 Å². The maximum Gasteiger partial charge on any atom is 0.248 e. The van der Waals surface area contributed by atoms with Crippen LogP contribution in [0.2, 0.25) is 0 Å². The van der Waals surface area contributed by atoms with Crippen molar-refractivity contribution in [2.75, 3.05) is 26.7 Å². The number of aryl methyl sites for hydroxylation is 1. The van der Waals surface area contributed by atoms with Gasteiger partial charge in [0.05, 0.1) is 5.60 Å². The summed E-state index contributed by atoms with van der Waals surface area (Å²) in [5.74, 6) is 0.0219. The first-order chi connectivity index (χ1) is 8.98. The van der Waals surface area contributed by atoms with Gasteiger partial charge in [0.15, 0.2) is 0 Å². The number of amides is 1. The lowest BCUT2D eigenvalue weighted by atomic mass is 10.0. The number of benzene rings is 1. The van der Waals surface area contributed by atoms with E-state index in [1.165, 1.54) is 5.56 Å². The fourth-order valence-electron chi connectivity index (χ4n) is 1.98. The largest absolute Gasteiger partial charge is 0.363 e. The Morgan fingerprint density at radius 2 is 2.00 bits per heavy atom. The lowest BCUT2D eigenvalue weighted by Crippen LogP contribution is -2.59. The molecule has 104 valence electrons. The Kier molecular flexibility index (Phi) is 4.22. The topological polar surface area (TPSA) is 41.6 Å². The van der Waals surface area contributed by atoms with Gasteiger partial charge in [0.25, 0.3) is 0 Å². The minimum absolute atomic E-state index is 0.0219. The van der Waals surface area contributed by atoms with Gasteiger partial charge in [-0.1, -0.05) is 29.8 Å². The molecule has 0 radical (unpaired) electrons. The van der Waals surface area contributed by atoms with Crippen LogP contribution in [0.15, 0.2) is 24.3 Å². The highest BCUT2D eigenvalue weighted by molar-refractivity contribution is 5.77. The van der Waals surface area contributed by atoms with Crippen molar-refractivity contribution in [1.82, 2.24) is 10.2 Å². The van der Waals surface area contributed by atoms with Crippen LogP contribution < -0.4 is 5.32 Å². The fraction of sp³-hybridized carbons (Fsp3) is 0.533. The van der Waals surface area contributed by atoms with Gasteiger partial charge < -0.3 is 15.0 Å². The van der Waals surface area contributed by atoms with Gasteiger partial charge in [-0.3, -0.25) is 4.79 Å². The molecule has 2 rings (SSSR count). The summed E-state index contributed by atoms with van der Waals surface area (Å²) < 4.78 is 5.65. The summed E-state index contributed by atoms with van der Waals surface area (Å²) in [6.45, 7) is 6.50. The zero-order valence-corrected chi connectivity index (χ0v) is 11.9. The molecule has 1 fully saturated rings. The zero-order valence-electron chi connectivity index (χ0n) is 11.9. The lowest BCUT2D eigenvalue weighted by molar-refractivity contribution is -0.145. The number of hydrogen-bond acceptors (Lipinski definition) is 3. The van der Waals surface area contributed by atoms with Crippen molar-refractivity contribution in [2.24, 2.45) is 0 Å². The molecule has 19 heavy (non-hydrogen) atoms. The summed E-state index contributed by atoms with van der Waals surface area (Å²) in [7, 11) is 1.81. The second-order valence-electron chi connectivity index (χ2n) is 5.58. The standard InChI is InChI=1S/C15H22N2O2/c1-12-4-6-13(7-5-12)8-17(3)14(18)9-19-15(2)10-16-11-15/h4-7,16H,8-11H2,1-3H3. The lowest BCUT2D eigenvalue weighted by Gasteiger charge is -2.39. The third-order valence-electron chi connectivity index (χ3n) is 3.51. The van der Waals surface area contributed by atoms with E-state index >= 15 is 0 Å². The Morgan fingerprint density at radius 1 is 1.37 bits per heavy atom. The summed E-state index contributed by atoms with van der Waals surface area (Å²) in [5, 5.41) is 3.15. The molecule has 1 aliphatic heterocycles. The summed E-state index contributed by atoms with van der Waals surface area (Å²) in [6, 6.07) is 8.23. The highest BCUT2D eigenvalue weighted by Crippen LogP contribution is 2.15. The monoisotopic (exact) mass is 262 g/mol. The molecule has 0 unspecified atom stereocenters. The average molecular weight is 262 g/mol. The highest BCUT2D eigenvalue weighted by atomic mass is 16.5. The van der Waals surface area contributed by atoms with E-state index in [2.05, 4.69) is 36.5 Å². The summed E-state index contributed by atoms with van der Waals surface area (Å²) in [6.07, 6.45) is 0. The van der Waals surface area contributed by atoms with Crippen LogP contribution in [0, 0.1) is 6.92 Å². The minimum Gasteiger partial charge on any atom is -0.363 e. The van der Waals surface area contributed by atoms with Crippen LogP contribution in [-0.4, -0.2) is 43.2 Å². The van der Waals surface area contributed by atoms with Crippen LogP contribution in [0.25, 0.3) is 0 Å². The predicted molar refractivity (Wildman–Crippen MR) is 74.9 cm³/mol. The Labute approximate surface area is 114 Å². The molecule has 4 heteroatoms. The number of nitrogens with zero attached hydrogens (tertiary/aromatic N) is 1. The number of nitrogens with one attached hydrogen (secondary N) is 1. The third kappa shape index (κ3) is 3.78. The van der Waals surface area contributed by atoms with Gasteiger partial charge in [0.1, 0.15) is 6.61 Å². The molecule has 1 aromatic rings. The van der Waals surface area contributed by atoms with Gasteiger partial charge >= 0.3 is 0 Å².